The van der Waals surface area contributed by atoms with Crippen molar-refractivity contribution in [1.29, 1.82) is 0 Å². The Balaban J connectivity index is 0.00000176. The number of benzene rings is 1. The lowest BCUT2D eigenvalue weighted by atomic mass is 10.1. The molecule has 1 aliphatic rings. The molecule has 0 spiro atoms. The molecule has 1 saturated heterocycles. The molecule has 2 aromatic rings. The molecule has 1 fully saturated rings. The maximum absolute atomic E-state index is 12.9. The number of halogens is 2. The summed E-state index contributed by atoms with van der Waals surface area (Å²) in [6.45, 7) is 0.895. The van der Waals surface area contributed by atoms with Crippen molar-refractivity contribution in [2.24, 2.45) is 0 Å². The van der Waals surface area contributed by atoms with Crippen LogP contribution in [0.2, 0.25) is 0 Å². The van der Waals surface area contributed by atoms with Crippen molar-refractivity contribution < 1.29 is 9.18 Å². The van der Waals surface area contributed by atoms with Gasteiger partial charge in [0.15, 0.2) is 5.13 Å². The zero-order valence-electron chi connectivity index (χ0n) is 11.8. The lowest BCUT2D eigenvalue weighted by molar-refractivity contribution is -0.117. The summed E-state index contributed by atoms with van der Waals surface area (Å²) in [5.74, 6) is -0.254. The molecule has 0 saturated carbocycles. The number of nitrogens with one attached hydrogen (secondary N) is 2. The van der Waals surface area contributed by atoms with Crippen molar-refractivity contribution in [3.8, 4) is 0 Å². The smallest absolute Gasteiger partial charge is 0.243 e. The molecular formula is C15H17ClFN3OS. The van der Waals surface area contributed by atoms with E-state index < -0.39 is 0 Å². The van der Waals surface area contributed by atoms with E-state index in [0.29, 0.717) is 11.6 Å². The summed E-state index contributed by atoms with van der Waals surface area (Å²) in [4.78, 5) is 17.2. The van der Waals surface area contributed by atoms with E-state index in [-0.39, 0.29) is 30.2 Å². The van der Waals surface area contributed by atoms with Crippen LogP contribution in [0, 0.1) is 5.82 Å². The van der Waals surface area contributed by atoms with Gasteiger partial charge >= 0.3 is 0 Å². The number of hydrogen-bond acceptors (Lipinski definition) is 4. The summed E-state index contributed by atoms with van der Waals surface area (Å²) in [6.07, 6.45) is 4.35. The summed E-state index contributed by atoms with van der Waals surface area (Å²) >= 11 is 1.45. The fourth-order valence-corrected chi connectivity index (χ4v) is 3.20. The molecule has 1 aliphatic heterocycles. The van der Waals surface area contributed by atoms with Gasteiger partial charge in [0.05, 0.1) is 6.04 Å². The number of amides is 1. The Morgan fingerprint density at radius 3 is 2.86 bits per heavy atom. The third-order valence-electron chi connectivity index (χ3n) is 3.45. The van der Waals surface area contributed by atoms with Gasteiger partial charge in [-0.25, -0.2) is 9.37 Å². The second-order valence-electron chi connectivity index (χ2n) is 5.07. The van der Waals surface area contributed by atoms with E-state index in [9.17, 15) is 9.18 Å². The van der Waals surface area contributed by atoms with Crippen LogP contribution in [-0.4, -0.2) is 23.5 Å². The molecule has 0 radical (unpaired) electrons. The van der Waals surface area contributed by atoms with E-state index in [4.69, 9.17) is 0 Å². The van der Waals surface area contributed by atoms with Crippen LogP contribution in [-0.2, 0) is 11.2 Å². The van der Waals surface area contributed by atoms with Crippen molar-refractivity contribution in [3.63, 3.8) is 0 Å². The molecule has 1 unspecified atom stereocenters. The van der Waals surface area contributed by atoms with Gasteiger partial charge < -0.3 is 10.6 Å². The van der Waals surface area contributed by atoms with E-state index in [1.54, 1.807) is 18.3 Å². The van der Waals surface area contributed by atoms with Crippen LogP contribution in [0.15, 0.2) is 30.5 Å². The standard InChI is InChI=1S/C15H16FN3OS.ClH/c16-11-5-3-10(4-6-11)8-12-9-18-15(21-12)19-14(20)13-2-1-7-17-13;/h3-6,9,13,17H,1-2,7-8H2,(H,18,19,20);1H. The van der Waals surface area contributed by atoms with Crippen molar-refractivity contribution in [3.05, 3.63) is 46.7 Å². The fraction of sp³-hybridized carbons (Fsp3) is 0.333. The van der Waals surface area contributed by atoms with E-state index in [1.165, 1.54) is 23.5 Å². The first-order chi connectivity index (χ1) is 10.2. The minimum absolute atomic E-state index is 0. The number of thiazole rings is 1. The lowest BCUT2D eigenvalue weighted by Gasteiger charge is -2.08. The maximum atomic E-state index is 12.9. The number of aromatic nitrogens is 1. The molecule has 2 heterocycles. The molecule has 1 aromatic carbocycles. The summed E-state index contributed by atoms with van der Waals surface area (Å²) in [5.41, 5.74) is 1.02. The zero-order chi connectivity index (χ0) is 14.7. The van der Waals surface area contributed by atoms with Crippen molar-refractivity contribution in [2.75, 3.05) is 11.9 Å². The topological polar surface area (TPSA) is 54.0 Å². The van der Waals surface area contributed by atoms with Gasteiger partial charge in [-0.2, -0.15) is 0 Å². The van der Waals surface area contributed by atoms with Crippen molar-refractivity contribution in [2.45, 2.75) is 25.3 Å². The molecular weight excluding hydrogens is 325 g/mol. The van der Waals surface area contributed by atoms with E-state index in [2.05, 4.69) is 15.6 Å². The first kappa shape index (κ1) is 16.9. The first-order valence-electron chi connectivity index (χ1n) is 6.94. The van der Waals surface area contributed by atoms with Crippen LogP contribution in [0.25, 0.3) is 0 Å². The van der Waals surface area contributed by atoms with Gasteiger partial charge in [0.2, 0.25) is 5.91 Å². The fourth-order valence-electron chi connectivity index (χ4n) is 2.35. The Morgan fingerprint density at radius 1 is 1.41 bits per heavy atom. The monoisotopic (exact) mass is 341 g/mol. The summed E-state index contributed by atoms with van der Waals surface area (Å²) < 4.78 is 12.9. The highest BCUT2D eigenvalue weighted by Crippen LogP contribution is 2.22. The van der Waals surface area contributed by atoms with E-state index >= 15 is 0 Å². The molecule has 1 amide bonds. The van der Waals surface area contributed by atoms with E-state index in [1.807, 2.05) is 0 Å². The molecule has 22 heavy (non-hydrogen) atoms. The molecule has 0 bridgehead atoms. The van der Waals surface area contributed by atoms with Crippen molar-refractivity contribution in [1.82, 2.24) is 10.3 Å². The zero-order valence-corrected chi connectivity index (χ0v) is 13.5. The number of anilines is 1. The minimum atomic E-state index is -0.236. The number of hydrogen-bond donors (Lipinski definition) is 2. The quantitative estimate of drug-likeness (QED) is 0.899. The van der Waals surface area contributed by atoms with Gasteiger partial charge in [0.1, 0.15) is 5.82 Å². The molecule has 118 valence electrons. The molecule has 3 rings (SSSR count). The highest BCUT2D eigenvalue weighted by molar-refractivity contribution is 7.15. The van der Waals surface area contributed by atoms with Gasteiger partial charge in [-0.1, -0.05) is 12.1 Å². The van der Waals surface area contributed by atoms with Gasteiger partial charge in [-0.3, -0.25) is 4.79 Å². The van der Waals surface area contributed by atoms with Gasteiger partial charge in [-0.15, -0.1) is 23.7 Å². The molecule has 1 aromatic heterocycles. The third kappa shape index (κ3) is 4.25. The second kappa shape index (κ2) is 7.67. The van der Waals surface area contributed by atoms with Gasteiger partial charge in [0, 0.05) is 17.5 Å². The molecule has 0 aliphatic carbocycles. The largest absolute Gasteiger partial charge is 0.306 e. The molecule has 2 N–H and O–H groups in total. The number of nitrogens with zero attached hydrogens (tertiary/aromatic N) is 1. The van der Waals surface area contributed by atoms with Crippen LogP contribution in [0.5, 0.6) is 0 Å². The third-order valence-corrected chi connectivity index (χ3v) is 4.36. The van der Waals surface area contributed by atoms with Crippen LogP contribution in [0.1, 0.15) is 23.3 Å². The predicted molar refractivity (Wildman–Crippen MR) is 88.2 cm³/mol. The molecule has 4 nitrogen and oxygen atoms in total. The normalized spacial score (nSPS) is 17.0. The predicted octanol–water partition coefficient (Wildman–Crippen LogP) is 2.99. The SMILES string of the molecule is Cl.O=C(Nc1ncc(Cc2ccc(F)cc2)s1)C1CCCN1. The highest BCUT2D eigenvalue weighted by Gasteiger charge is 2.22. The minimum Gasteiger partial charge on any atom is -0.306 e. The van der Waals surface area contributed by atoms with Crippen LogP contribution < -0.4 is 10.6 Å². The van der Waals surface area contributed by atoms with Crippen LogP contribution in [0.3, 0.4) is 0 Å². The van der Waals surface area contributed by atoms with Crippen LogP contribution >= 0.6 is 23.7 Å². The number of rotatable bonds is 4. The summed E-state index contributed by atoms with van der Waals surface area (Å²) in [5, 5.41) is 6.62. The number of carbonyl (C=O) groups is 1. The maximum Gasteiger partial charge on any atom is 0.243 e. The Labute approximate surface area is 138 Å². The van der Waals surface area contributed by atoms with Gasteiger partial charge in [0.25, 0.3) is 0 Å². The Hall–Kier alpha value is -1.50. The second-order valence-corrected chi connectivity index (χ2v) is 6.19. The average Bonchev–Trinajstić information content (AvgIpc) is 3.13. The summed E-state index contributed by atoms with van der Waals surface area (Å²) in [6, 6.07) is 6.32. The van der Waals surface area contributed by atoms with Crippen molar-refractivity contribution >= 4 is 34.8 Å². The Bertz CT molecular complexity index is 626. The molecule has 7 heteroatoms. The van der Waals surface area contributed by atoms with E-state index in [0.717, 1.165) is 29.8 Å². The lowest BCUT2D eigenvalue weighted by Crippen LogP contribution is -2.35. The Kier molecular flexibility index (Phi) is 5.88. The van der Waals surface area contributed by atoms with Crippen LogP contribution in [0.4, 0.5) is 9.52 Å². The number of carbonyl (C=O) groups excluding carboxylic acids is 1. The van der Waals surface area contributed by atoms with Gasteiger partial charge in [-0.05, 0) is 37.1 Å². The highest BCUT2D eigenvalue weighted by atomic mass is 35.5. The Morgan fingerprint density at radius 2 is 2.18 bits per heavy atom. The average molecular weight is 342 g/mol. The summed E-state index contributed by atoms with van der Waals surface area (Å²) in [7, 11) is 0. The molecule has 1 atom stereocenters. The first-order valence-corrected chi connectivity index (χ1v) is 7.76.